The predicted octanol–water partition coefficient (Wildman–Crippen LogP) is -1.15. The third kappa shape index (κ3) is 7.29. The summed E-state index contributed by atoms with van der Waals surface area (Å²) in [5, 5.41) is 27.2. The first-order valence-corrected chi connectivity index (χ1v) is 23.3. The summed E-state index contributed by atoms with van der Waals surface area (Å²) in [5.74, 6) is -7.37. The number of hydrogen-bond acceptors (Lipinski definition) is 22. The van der Waals surface area contributed by atoms with Crippen LogP contribution in [0.1, 0.15) is 105 Å². The highest BCUT2D eigenvalue weighted by Gasteiger charge is 2.65. The van der Waals surface area contributed by atoms with E-state index < -0.39 is 169 Å². The van der Waals surface area contributed by atoms with Crippen LogP contribution in [0, 0.1) is 0 Å². The number of rotatable bonds is 0. The lowest BCUT2D eigenvalue weighted by Gasteiger charge is -2.30. The Kier molecular flexibility index (Phi) is 9.68. The minimum atomic E-state index is -1.38. The van der Waals surface area contributed by atoms with Gasteiger partial charge in [0.25, 0.3) is 17.7 Å². The molecule has 3 N–H and O–H groups in total. The fraction of sp³-hybridized carbons (Fsp3) is 0.833. The number of nitrogens with zero attached hydrogens (tertiary/aromatic N) is 6. The first-order valence-electron chi connectivity index (χ1n) is 23.3. The Morgan fingerprint density at radius 3 is 1.03 bits per heavy atom. The van der Waals surface area contributed by atoms with E-state index >= 15 is 0 Å². The van der Waals surface area contributed by atoms with E-state index in [-0.39, 0.29) is 11.4 Å². The number of nitrogens with one attached hydrogen (secondary N) is 3. The van der Waals surface area contributed by atoms with E-state index in [1.165, 1.54) is 9.36 Å². The molecule has 11 aliphatic heterocycles. The fourth-order valence-electron chi connectivity index (χ4n) is 11.6. The highest BCUT2D eigenvalue weighted by Crippen LogP contribution is 2.49. The second-order valence-electron chi connectivity index (χ2n) is 21.5. The van der Waals surface area contributed by atoms with Gasteiger partial charge in [-0.05, 0) is 69.2 Å². The van der Waals surface area contributed by atoms with Crippen molar-refractivity contribution in [3.63, 3.8) is 0 Å². The molecule has 0 aliphatic carbocycles. The summed E-state index contributed by atoms with van der Waals surface area (Å²) in [5.41, 5.74) is 0.508. The second-order valence-corrected chi connectivity index (χ2v) is 21.5. The van der Waals surface area contributed by atoms with Crippen LogP contribution < -0.4 is 16.0 Å². The second kappa shape index (κ2) is 14.8. The van der Waals surface area contributed by atoms with Crippen LogP contribution in [0.15, 0.2) is 12.4 Å². The monoisotopic (exact) mass is 973 g/mol. The zero-order valence-electron chi connectivity index (χ0n) is 39.2. The Morgan fingerprint density at radius 1 is 0.391 bits per heavy atom. The van der Waals surface area contributed by atoms with Crippen LogP contribution in [0.3, 0.4) is 0 Å². The molecule has 27 heteroatoms. The number of aromatic nitrogens is 6. The normalized spacial score (nSPS) is 48.0. The van der Waals surface area contributed by atoms with Crippen molar-refractivity contribution in [2.45, 2.75) is 221 Å². The van der Waals surface area contributed by atoms with E-state index in [0.29, 0.717) is 0 Å². The smallest absolute Gasteiger partial charge is 0.252 e. The SMILES string of the molecule is CC1(C)O[C@H]2O[C@@H]3c4cn(nn4)[C@H]4[C@H]5OC(C)(C)O[C@H]5O[C@@H]4C(=O)N[C@@H]4[C@H]5OC(C)(C)O[C@H]5O[C@@H]4c4cn(nn4)[C@H]4[C@H]5OC(C)(C)O[C@H]5O[C@@H]4C(=O)N[C@H]4[C@H]5OC(C)(C)O[C@H]5O[C@@H]4C(=O)N[C@@H]3[C@H]2O1. The van der Waals surface area contributed by atoms with E-state index in [1.54, 1.807) is 81.6 Å². The molecule has 10 fully saturated rings. The zero-order chi connectivity index (χ0) is 48.1. The molecule has 13 heterocycles. The lowest BCUT2D eigenvalue weighted by molar-refractivity contribution is -0.214. The molecule has 20 atom stereocenters. The van der Waals surface area contributed by atoms with Gasteiger partial charge in [-0.2, -0.15) is 0 Å². The molecule has 4 bridgehead atoms. The minimum Gasteiger partial charge on any atom is -0.345 e. The highest BCUT2D eigenvalue weighted by molar-refractivity contribution is 5.86. The molecule has 13 rings (SSSR count). The number of hydrogen-bond donors (Lipinski definition) is 3. The largest absolute Gasteiger partial charge is 0.345 e. The van der Waals surface area contributed by atoms with Crippen molar-refractivity contribution in [2.75, 3.05) is 0 Å². The van der Waals surface area contributed by atoms with Crippen molar-refractivity contribution in [3.05, 3.63) is 23.8 Å². The van der Waals surface area contributed by atoms with Gasteiger partial charge in [-0.15, -0.1) is 10.2 Å². The number of carbonyl (C=O) groups is 3. The van der Waals surface area contributed by atoms with Crippen molar-refractivity contribution >= 4 is 17.7 Å². The Hall–Kier alpha value is -3.91. The van der Waals surface area contributed by atoms with Gasteiger partial charge < -0.3 is 87.0 Å². The molecule has 11 aliphatic rings. The van der Waals surface area contributed by atoms with Gasteiger partial charge in [0.05, 0.1) is 30.5 Å². The zero-order valence-corrected chi connectivity index (χ0v) is 39.2. The molecule has 0 spiro atoms. The highest BCUT2D eigenvalue weighted by atomic mass is 16.9. The third-order valence-corrected chi connectivity index (χ3v) is 14.1. The lowest BCUT2D eigenvalue weighted by Crippen LogP contribution is -2.58. The molecule has 0 unspecified atom stereocenters. The molecular weight excluding hydrogens is 919 g/mol. The van der Waals surface area contributed by atoms with Crippen molar-refractivity contribution in [1.29, 1.82) is 0 Å². The van der Waals surface area contributed by atoms with E-state index in [9.17, 15) is 14.4 Å². The first-order chi connectivity index (χ1) is 32.5. The molecule has 0 saturated carbocycles. The molecule has 27 nitrogen and oxygen atoms in total. The van der Waals surface area contributed by atoms with Crippen molar-refractivity contribution < 1.29 is 85.4 Å². The van der Waals surface area contributed by atoms with Gasteiger partial charge in [0.15, 0.2) is 78.7 Å². The van der Waals surface area contributed by atoms with Crippen LogP contribution in [0.25, 0.3) is 0 Å². The van der Waals surface area contributed by atoms with Gasteiger partial charge in [-0.25, -0.2) is 9.36 Å². The maximum Gasteiger partial charge on any atom is 0.252 e. The van der Waals surface area contributed by atoms with Crippen LogP contribution in [0.2, 0.25) is 0 Å². The van der Waals surface area contributed by atoms with Crippen LogP contribution in [-0.4, -0.2) is 175 Å². The van der Waals surface area contributed by atoms with Crippen LogP contribution in [0.4, 0.5) is 0 Å². The van der Waals surface area contributed by atoms with Gasteiger partial charge in [-0.3, -0.25) is 14.4 Å². The summed E-state index contributed by atoms with van der Waals surface area (Å²) in [7, 11) is 0. The third-order valence-electron chi connectivity index (χ3n) is 14.1. The fourth-order valence-corrected chi connectivity index (χ4v) is 11.6. The summed E-state index contributed by atoms with van der Waals surface area (Å²) in [6.45, 7) is 17.3. The molecule has 2 aromatic heterocycles. The topological polar surface area (TPSA) is 287 Å². The Labute approximate surface area is 393 Å². The number of amides is 3. The van der Waals surface area contributed by atoms with E-state index in [2.05, 4.69) is 36.6 Å². The minimum absolute atomic E-state index is 0.251. The van der Waals surface area contributed by atoms with E-state index in [0.717, 1.165) is 0 Å². The molecule has 3 amide bonds. The lowest BCUT2D eigenvalue weighted by atomic mass is 10.0. The maximum absolute atomic E-state index is 14.9. The summed E-state index contributed by atoms with van der Waals surface area (Å²) in [6, 6.07) is -4.96. The van der Waals surface area contributed by atoms with Gasteiger partial charge in [-0.1, -0.05) is 10.4 Å². The maximum atomic E-state index is 14.9. The van der Waals surface area contributed by atoms with Crippen LogP contribution in [0.5, 0.6) is 0 Å². The summed E-state index contributed by atoms with van der Waals surface area (Å²) >= 11 is 0. The number of fused-ring (bicyclic) bond motifs is 23. The van der Waals surface area contributed by atoms with Crippen molar-refractivity contribution in [2.24, 2.45) is 0 Å². The Morgan fingerprint density at radius 2 is 0.667 bits per heavy atom. The average molecular weight is 974 g/mol. The van der Waals surface area contributed by atoms with Crippen molar-refractivity contribution in [3.8, 4) is 0 Å². The number of carbonyl (C=O) groups excluding carboxylic acids is 3. The first kappa shape index (κ1) is 45.0. The van der Waals surface area contributed by atoms with Gasteiger partial charge in [0, 0.05) is 0 Å². The molecule has 0 aromatic carbocycles. The van der Waals surface area contributed by atoms with E-state index in [1.807, 2.05) is 0 Å². The predicted molar refractivity (Wildman–Crippen MR) is 215 cm³/mol. The quantitative estimate of drug-likeness (QED) is 0.281. The summed E-state index contributed by atoms with van der Waals surface area (Å²) in [6.07, 6.45) is -12.1. The molecule has 376 valence electrons. The standard InChI is InChI=1S/C42H55N9O18/c1-38(2)60-23-15-20(55-33(23)65-38)13-11-50(48-46-13)18-26(58-36-28(18)63-41(7,8)68-36)31(53)44-16-21(56-34-24(16)61-39(3,4)66-34)14-12-51(49-47-14)19-27(59-37-29(19)64-42(9,10)69-37)32(54)45-17-22(30(52)43-15)57-35-25(17)62-40(5,6)67-35/h11-12,15-29,33-37H,1-10H3,(H,43,52)(H,44,53)(H,45,54)/t15-,16-,17+,18+,19+,20+,21+,22-,23+,24+,25+,26-,27-,28+,29+,33+,34+,35+,36+,37+/m0/s1. The Bertz CT molecular complexity index is 2450. The van der Waals surface area contributed by atoms with Crippen LogP contribution in [-0.2, 0) is 85.4 Å². The molecular formula is C42H55N9O18. The average Bonchev–Trinajstić information content (AvgIpc) is 4.07. The Balaban J connectivity index is 0.914. The summed E-state index contributed by atoms with van der Waals surface area (Å²) in [4.78, 5) is 44.5. The van der Waals surface area contributed by atoms with Crippen molar-refractivity contribution in [1.82, 2.24) is 45.9 Å². The molecule has 2 aromatic rings. The van der Waals surface area contributed by atoms with E-state index in [4.69, 9.17) is 71.1 Å². The number of ether oxygens (including phenoxy) is 15. The van der Waals surface area contributed by atoms with Gasteiger partial charge >= 0.3 is 0 Å². The molecule has 10 saturated heterocycles. The van der Waals surface area contributed by atoms with Crippen LogP contribution >= 0.6 is 0 Å². The molecule has 0 radical (unpaired) electrons. The van der Waals surface area contributed by atoms with Gasteiger partial charge in [0.2, 0.25) is 0 Å². The summed E-state index contributed by atoms with van der Waals surface area (Å²) < 4.78 is 97.2. The molecule has 69 heavy (non-hydrogen) atoms. The van der Waals surface area contributed by atoms with Gasteiger partial charge in [0.1, 0.15) is 66.2 Å².